The standard InChI is InChI=1S/C20H22ClN5O4/c1-29-20(28)30-14-8-6-13(7-9-14)23-18-22-10-12-11-26(19(27)25-17(12)24-18)16-5-3-2-4-15(16)21/h2-5,10,13-14H,6-9,11H2,1H3,(H2,22,23,24,25,27)/t13-,14-. The fourth-order valence-electron chi connectivity index (χ4n) is 3.67. The summed E-state index contributed by atoms with van der Waals surface area (Å²) in [6.45, 7) is 0.334. The Balaban J connectivity index is 1.39. The van der Waals surface area contributed by atoms with E-state index >= 15 is 0 Å². The molecule has 2 amide bonds. The molecule has 1 aromatic heterocycles. The van der Waals surface area contributed by atoms with Gasteiger partial charge in [-0.15, -0.1) is 0 Å². The minimum Gasteiger partial charge on any atom is -0.438 e. The molecule has 0 saturated heterocycles. The molecule has 30 heavy (non-hydrogen) atoms. The average molecular weight is 432 g/mol. The van der Waals surface area contributed by atoms with E-state index in [2.05, 4.69) is 25.3 Å². The number of anilines is 3. The van der Waals surface area contributed by atoms with Crippen LogP contribution in [0.2, 0.25) is 5.02 Å². The maximum absolute atomic E-state index is 12.6. The van der Waals surface area contributed by atoms with Crippen molar-refractivity contribution in [3.05, 3.63) is 41.0 Å². The van der Waals surface area contributed by atoms with E-state index in [1.165, 1.54) is 7.11 Å². The highest BCUT2D eigenvalue weighted by molar-refractivity contribution is 6.34. The second-order valence-corrected chi connectivity index (χ2v) is 7.63. The second-order valence-electron chi connectivity index (χ2n) is 7.23. The van der Waals surface area contributed by atoms with E-state index in [1.807, 2.05) is 12.1 Å². The summed E-state index contributed by atoms with van der Waals surface area (Å²) in [5.41, 5.74) is 1.44. The summed E-state index contributed by atoms with van der Waals surface area (Å²) < 4.78 is 9.74. The Hall–Kier alpha value is -3.07. The maximum atomic E-state index is 12.6. The third-order valence-electron chi connectivity index (χ3n) is 5.24. The number of ether oxygens (including phenoxy) is 2. The fourth-order valence-corrected chi connectivity index (χ4v) is 3.91. The maximum Gasteiger partial charge on any atom is 0.508 e. The van der Waals surface area contributed by atoms with Crippen molar-refractivity contribution in [2.24, 2.45) is 0 Å². The molecule has 0 unspecified atom stereocenters. The number of nitrogens with zero attached hydrogens (tertiary/aromatic N) is 3. The van der Waals surface area contributed by atoms with Crippen LogP contribution in [0.15, 0.2) is 30.5 Å². The molecule has 1 aliphatic heterocycles. The van der Waals surface area contributed by atoms with Crippen LogP contribution in [0.5, 0.6) is 0 Å². The number of amides is 2. The lowest BCUT2D eigenvalue weighted by molar-refractivity contribution is 0.0218. The van der Waals surface area contributed by atoms with E-state index in [9.17, 15) is 9.59 Å². The molecule has 4 rings (SSSR count). The summed E-state index contributed by atoms with van der Waals surface area (Å²) in [5, 5.41) is 6.62. The number of hydrogen-bond donors (Lipinski definition) is 2. The summed E-state index contributed by atoms with van der Waals surface area (Å²) >= 11 is 6.23. The lowest BCUT2D eigenvalue weighted by Gasteiger charge is -2.30. The van der Waals surface area contributed by atoms with Gasteiger partial charge < -0.3 is 14.8 Å². The lowest BCUT2D eigenvalue weighted by atomic mass is 9.93. The number of fused-ring (bicyclic) bond motifs is 1. The van der Waals surface area contributed by atoms with E-state index in [0.29, 0.717) is 29.0 Å². The van der Waals surface area contributed by atoms with Gasteiger partial charge in [-0.1, -0.05) is 23.7 Å². The van der Waals surface area contributed by atoms with Crippen LogP contribution >= 0.6 is 11.6 Å². The largest absolute Gasteiger partial charge is 0.508 e. The monoisotopic (exact) mass is 431 g/mol. The predicted molar refractivity (Wildman–Crippen MR) is 112 cm³/mol. The number of benzene rings is 1. The third-order valence-corrected chi connectivity index (χ3v) is 5.56. The van der Waals surface area contributed by atoms with Gasteiger partial charge in [-0.25, -0.2) is 14.6 Å². The van der Waals surface area contributed by atoms with Gasteiger partial charge in [0.2, 0.25) is 5.95 Å². The first kappa shape index (κ1) is 20.2. The molecule has 0 radical (unpaired) electrons. The Labute approximate surface area is 178 Å². The van der Waals surface area contributed by atoms with E-state index < -0.39 is 6.16 Å². The van der Waals surface area contributed by atoms with E-state index in [0.717, 1.165) is 31.2 Å². The van der Waals surface area contributed by atoms with Crippen LogP contribution in [0.3, 0.4) is 0 Å². The molecule has 0 bridgehead atoms. The van der Waals surface area contributed by atoms with Crippen LogP contribution < -0.4 is 15.5 Å². The Bertz CT molecular complexity index is 949. The van der Waals surface area contributed by atoms with Gasteiger partial charge in [-0.05, 0) is 37.8 Å². The average Bonchev–Trinajstić information content (AvgIpc) is 2.75. The van der Waals surface area contributed by atoms with Crippen molar-refractivity contribution in [2.45, 2.75) is 44.4 Å². The SMILES string of the molecule is COC(=O)O[C@H]1CC[C@H](Nc2ncc3c(n2)NC(=O)N(c2ccccc2Cl)C3)CC1. The minimum absolute atomic E-state index is 0.130. The predicted octanol–water partition coefficient (Wildman–Crippen LogP) is 4.19. The molecular formula is C20H22ClN5O4. The highest BCUT2D eigenvalue weighted by Crippen LogP contribution is 2.31. The van der Waals surface area contributed by atoms with Crippen molar-refractivity contribution < 1.29 is 19.1 Å². The number of rotatable bonds is 4. The van der Waals surface area contributed by atoms with Crippen molar-refractivity contribution in [3.8, 4) is 0 Å². The van der Waals surface area contributed by atoms with Crippen LogP contribution in [0.1, 0.15) is 31.2 Å². The topological polar surface area (TPSA) is 106 Å². The molecule has 2 aliphatic rings. The minimum atomic E-state index is -0.647. The van der Waals surface area contributed by atoms with Gasteiger partial charge in [0.15, 0.2) is 0 Å². The second kappa shape index (κ2) is 8.74. The number of carbonyl (C=O) groups excluding carboxylic acids is 2. The molecular weight excluding hydrogens is 410 g/mol. The number of carbonyl (C=O) groups is 2. The van der Waals surface area contributed by atoms with Gasteiger partial charge in [0.05, 0.1) is 24.4 Å². The first-order valence-corrected chi connectivity index (χ1v) is 10.1. The molecule has 10 heteroatoms. The summed E-state index contributed by atoms with van der Waals surface area (Å²) in [6, 6.07) is 7.06. The normalized spacial score (nSPS) is 20.7. The Kier molecular flexibility index (Phi) is 5.89. The number of aromatic nitrogens is 2. The number of halogens is 1. The molecule has 1 saturated carbocycles. The van der Waals surface area contributed by atoms with Crippen molar-refractivity contribution in [1.82, 2.24) is 9.97 Å². The van der Waals surface area contributed by atoms with Crippen LogP contribution in [0.4, 0.5) is 27.0 Å². The van der Waals surface area contributed by atoms with E-state index in [-0.39, 0.29) is 18.2 Å². The van der Waals surface area contributed by atoms with Gasteiger partial charge in [0.1, 0.15) is 11.9 Å². The molecule has 1 aromatic carbocycles. The number of urea groups is 1. The third kappa shape index (κ3) is 4.40. The Morgan fingerprint density at radius 2 is 2.03 bits per heavy atom. The molecule has 158 valence electrons. The smallest absolute Gasteiger partial charge is 0.438 e. The van der Waals surface area contributed by atoms with Crippen molar-refractivity contribution in [2.75, 3.05) is 22.6 Å². The van der Waals surface area contributed by atoms with E-state index in [1.54, 1.807) is 23.2 Å². The van der Waals surface area contributed by atoms with Crippen LogP contribution in [0, 0.1) is 0 Å². The number of hydrogen-bond acceptors (Lipinski definition) is 7. The van der Waals surface area contributed by atoms with Crippen LogP contribution in [-0.2, 0) is 16.0 Å². The first-order valence-electron chi connectivity index (χ1n) is 9.73. The fraction of sp³-hybridized carbons (Fsp3) is 0.400. The van der Waals surface area contributed by atoms with Crippen molar-refractivity contribution in [3.63, 3.8) is 0 Å². The van der Waals surface area contributed by atoms with Crippen LogP contribution in [0.25, 0.3) is 0 Å². The van der Waals surface area contributed by atoms with E-state index in [4.69, 9.17) is 16.3 Å². The molecule has 0 atom stereocenters. The molecule has 2 N–H and O–H groups in total. The number of para-hydroxylation sites is 1. The summed E-state index contributed by atoms with van der Waals surface area (Å²) in [4.78, 5) is 34.2. The zero-order valence-electron chi connectivity index (χ0n) is 16.4. The van der Waals surface area contributed by atoms with Gasteiger partial charge >= 0.3 is 12.2 Å². The highest BCUT2D eigenvalue weighted by atomic mass is 35.5. The Morgan fingerprint density at radius 3 is 2.77 bits per heavy atom. The van der Waals surface area contributed by atoms with Gasteiger partial charge in [0.25, 0.3) is 0 Å². The van der Waals surface area contributed by atoms with Crippen molar-refractivity contribution in [1.29, 1.82) is 0 Å². The Morgan fingerprint density at radius 1 is 1.27 bits per heavy atom. The van der Waals surface area contributed by atoms with Gasteiger partial charge in [-0.3, -0.25) is 10.2 Å². The molecule has 1 aliphatic carbocycles. The quantitative estimate of drug-likeness (QED) is 0.699. The number of methoxy groups -OCH3 is 1. The molecule has 2 heterocycles. The van der Waals surface area contributed by atoms with Gasteiger partial charge in [-0.2, -0.15) is 4.98 Å². The summed E-state index contributed by atoms with van der Waals surface area (Å²) in [5.74, 6) is 0.945. The van der Waals surface area contributed by atoms with Crippen LogP contribution in [-0.4, -0.2) is 41.4 Å². The molecule has 2 aromatic rings. The highest BCUT2D eigenvalue weighted by Gasteiger charge is 2.28. The summed E-state index contributed by atoms with van der Waals surface area (Å²) in [6.07, 6.45) is 4.03. The molecule has 1 fully saturated rings. The number of nitrogens with one attached hydrogen (secondary N) is 2. The van der Waals surface area contributed by atoms with Crippen molar-refractivity contribution >= 4 is 41.2 Å². The van der Waals surface area contributed by atoms with Gasteiger partial charge in [0, 0.05) is 17.8 Å². The molecule has 0 spiro atoms. The zero-order valence-corrected chi connectivity index (χ0v) is 17.2. The lowest BCUT2D eigenvalue weighted by Crippen LogP contribution is -2.39. The first-order chi connectivity index (χ1) is 14.5. The zero-order chi connectivity index (χ0) is 21.1. The summed E-state index contributed by atoms with van der Waals surface area (Å²) in [7, 11) is 1.30. The molecule has 9 nitrogen and oxygen atoms in total.